The van der Waals surface area contributed by atoms with Crippen LogP contribution >= 0.6 is 0 Å². The average molecular weight is 221 g/mol. The molecule has 3 heteroatoms. The number of carbonyl (C=O) groups excluding carboxylic acids is 1. The molecule has 3 nitrogen and oxygen atoms in total. The molecule has 16 heavy (non-hydrogen) atoms. The molecular weight excluding hydrogens is 202 g/mol. The van der Waals surface area contributed by atoms with Crippen molar-refractivity contribution in [3.05, 3.63) is 29.6 Å². The first-order chi connectivity index (χ1) is 7.43. The van der Waals surface area contributed by atoms with Crippen LogP contribution in [-0.2, 0) is 21.4 Å². The van der Waals surface area contributed by atoms with Crippen LogP contribution in [-0.4, -0.2) is 18.1 Å². The largest absolute Gasteiger partial charge is 0.469 e. The summed E-state index contributed by atoms with van der Waals surface area (Å²) < 4.78 is 4.59. The Morgan fingerprint density at radius 3 is 2.50 bits per heavy atom. The fourth-order valence-corrected chi connectivity index (χ4v) is 1.36. The van der Waals surface area contributed by atoms with Gasteiger partial charge in [0, 0.05) is 23.7 Å². The smallest absolute Gasteiger partial charge is 0.305 e. The molecule has 0 aliphatic carbocycles. The molecule has 1 aromatic heterocycles. The summed E-state index contributed by atoms with van der Waals surface area (Å²) >= 11 is 0. The lowest BCUT2D eigenvalue weighted by atomic mass is 9.91. The third-order valence-electron chi connectivity index (χ3n) is 2.44. The van der Waals surface area contributed by atoms with E-state index in [1.54, 1.807) is 0 Å². The van der Waals surface area contributed by atoms with Crippen molar-refractivity contribution in [2.24, 2.45) is 0 Å². The van der Waals surface area contributed by atoms with Crippen molar-refractivity contribution >= 4 is 5.97 Å². The highest BCUT2D eigenvalue weighted by molar-refractivity contribution is 5.69. The molecule has 0 radical (unpaired) electrons. The molecule has 0 saturated heterocycles. The Morgan fingerprint density at radius 2 is 2.06 bits per heavy atom. The van der Waals surface area contributed by atoms with Gasteiger partial charge in [0.25, 0.3) is 0 Å². The second-order valence-corrected chi connectivity index (χ2v) is 4.88. The molecule has 1 aromatic rings. The van der Waals surface area contributed by atoms with E-state index in [0.717, 1.165) is 11.3 Å². The van der Waals surface area contributed by atoms with Crippen LogP contribution in [0.15, 0.2) is 18.3 Å². The zero-order chi connectivity index (χ0) is 12.2. The lowest BCUT2D eigenvalue weighted by molar-refractivity contribution is -0.140. The van der Waals surface area contributed by atoms with Gasteiger partial charge in [0.1, 0.15) is 0 Å². The molecule has 0 fully saturated rings. The van der Waals surface area contributed by atoms with Gasteiger partial charge in [-0.3, -0.25) is 9.78 Å². The molecule has 0 aliphatic rings. The minimum atomic E-state index is -0.181. The predicted molar refractivity (Wildman–Crippen MR) is 63.3 cm³/mol. The van der Waals surface area contributed by atoms with Gasteiger partial charge >= 0.3 is 5.97 Å². The fraction of sp³-hybridized carbons (Fsp3) is 0.538. The SMILES string of the molecule is COC(=O)CCc1ccc(C(C)(C)C)nc1. The van der Waals surface area contributed by atoms with Crippen LogP contribution in [0.2, 0.25) is 0 Å². The van der Waals surface area contributed by atoms with Crippen molar-refractivity contribution in [3.63, 3.8) is 0 Å². The minimum Gasteiger partial charge on any atom is -0.469 e. The zero-order valence-electron chi connectivity index (χ0n) is 10.4. The first-order valence-corrected chi connectivity index (χ1v) is 5.45. The molecule has 0 amide bonds. The van der Waals surface area contributed by atoms with Gasteiger partial charge < -0.3 is 4.74 Å². The van der Waals surface area contributed by atoms with Crippen molar-refractivity contribution in [1.29, 1.82) is 0 Å². The van der Waals surface area contributed by atoms with Crippen molar-refractivity contribution in [2.75, 3.05) is 7.11 Å². The van der Waals surface area contributed by atoms with Gasteiger partial charge in [0.15, 0.2) is 0 Å². The number of aromatic nitrogens is 1. The highest BCUT2D eigenvalue weighted by Gasteiger charge is 2.14. The summed E-state index contributed by atoms with van der Waals surface area (Å²) in [6.07, 6.45) is 2.93. The number of esters is 1. The first kappa shape index (κ1) is 12.7. The number of hydrogen-bond donors (Lipinski definition) is 0. The van der Waals surface area contributed by atoms with Crippen LogP contribution in [0.1, 0.15) is 38.4 Å². The molecule has 0 spiro atoms. The second kappa shape index (κ2) is 5.10. The number of nitrogens with zero attached hydrogens (tertiary/aromatic N) is 1. The highest BCUT2D eigenvalue weighted by Crippen LogP contribution is 2.19. The molecule has 1 rings (SSSR count). The van der Waals surface area contributed by atoms with Crippen LogP contribution in [0.3, 0.4) is 0 Å². The Bertz CT molecular complexity index is 349. The number of hydrogen-bond acceptors (Lipinski definition) is 3. The monoisotopic (exact) mass is 221 g/mol. The maximum Gasteiger partial charge on any atom is 0.305 e. The van der Waals surface area contributed by atoms with Crippen LogP contribution in [0.4, 0.5) is 0 Å². The summed E-state index contributed by atoms with van der Waals surface area (Å²) in [4.78, 5) is 15.4. The van der Waals surface area contributed by atoms with E-state index in [4.69, 9.17) is 0 Å². The number of rotatable bonds is 3. The lowest BCUT2D eigenvalue weighted by Crippen LogP contribution is -2.13. The maximum absolute atomic E-state index is 11.0. The molecule has 1 heterocycles. The molecule has 0 aliphatic heterocycles. The lowest BCUT2D eigenvalue weighted by Gasteiger charge is -2.17. The molecule has 0 aromatic carbocycles. The van der Waals surface area contributed by atoms with E-state index in [-0.39, 0.29) is 11.4 Å². The molecule has 88 valence electrons. The van der Waals surface area contributed by atoms with Gasteiger partial charge in [-0.05, 0) is 18.1 Å². The van der Waals surface area contributed by atoms with Gasteiger partial charge in [-0.15, -0.1) is 0 Å². The fourth-order valence-electron chi connectivity index (χ4n) is 1.36. The molecule has 0 atom stereocenters. The molecule has 0 bridgehead atoms. The third-order valence-corrected chi connectivity index (χ3v) is 2.44. The van der Waals surface area contributed by atoms with E-state index in [0.29, 0.717) is 12.8 Å². The van der Waals surface area contributed by atoms with Crippen LogP contribution < -0.4 is 0 Å². The summed E-state index contributed by atoms with van der Waals surface area (Å²) in [5.41, 5.74) is 2.20. The zero-order valence-corrected chi connectivity index (χ0v) is 10.4. The second-order valence-electron chi connectivity index (χ2n) is 4.88. The Hall–Kier alpha value is -1.38. The van der Waals surface area contributed by atoms with E-state index in [9.17, 15) is 4.79 Å². The Kier molecular flexibility index (Phi) is 4.05. The quantitative estimate of drug-likeness (QED) is 0.736. The van der Waals surface area contributed by atoms with Gasteiger partial charge in [0.2, 0.25) is 0 Å². The van der Waals surface area contributed by atoms with Crippen molar-refractivity contribution < 1.29 is 9.53 Å². The highest BCUT2D eigenvalue weighted by atomic mass is 16.5. The minimum absolute atomic E-state index is 0.0703. The van der Waals surface area contributed by atoms with E-state index >= 15 is 0 Å². The van der Waals surface area contributed by atoms with E-state index in [2.05, 4.69) is 30.5 Å². The van der Waals surface area contributed by atoms with E-state index in [1.807, 2.05) is 18.3 Å². The summed E-state index contributed by atoms with van der Waals surface area (Å²) in [5.74, 6) is -0.181. The summed E-state index contributed by atoms with van der Waals surface area (Å²) in [7, 11) is 1.41. The predicted octanol–water partition coefficient (Wildman–Crippen LogP) is 2.48. The number of methoxy groups -OCH3 is 1. The molecular formula is C13H19NO2. The van der Waals surface area contributed by atoms with Crippen LogP contribution in [0.5, 0.6) is 0 Å². The van der Waals surface area contributed by atoms with Crippen LogP contribution in [0.25, 0.3) is 0 Å². The number of pyridine rings is 1. The summed E-state index contributed by atoms with van der Waals surface area (Å²) in [5, 5.41) is 0. The standard InChI is InChI=1S/C13H19NO2/c1-13(2,3)11-7-5-10(9-14-11)6-8-12(15)16-4/h5,7,9H,6,8H2,1-4H3. The summed E-state index contributed by atoms with van der Waals surface area (Å²) in [6.45, 7) is 6.39. The van der Waals surface area contributed by atoms with Crippen molar-refractivity contribution in [2.45, 2.75) is 39.0 Å². The average Bonchev–Trinajstić information content (AvgIpc) is 2.25. The normalized spacial score (nSPS) is 11.2. The van der Waals surface area contributed by atoms with Gasteiger partial charge in [0.05, 0.1) is 7.11 Å². The number of aryl methyl sites for hydroxylation is 1. The molecule has 0 unspecified atom stereocenters. The Labute approximate surface area is 96.8 Å². The van der Waals surface area contributed by atoms with Gasteiger partial charge in [-0.25, -0.2) is 0 Å². The summed E-state index contributed by atoms with van der Waals surface area (Å²) in [6, 6.07) is 4.04. The van der Waals surface area contributed by atoms with Crippen molar-refractivity contribution in [3.8, 4) is 0 Å². The molecule has 0 N–H and O–H groups in total. The Morgan fingerprint density at radius 1 is 1.38 bits per heavy atom. The Balaban J connectivity index is 2.62. The topological polar surface area (TPSA) is 39.2 Å². The van der Waals surface area contributed by atoms with E-state index < -0.39 is 0 Å². The number of carbonyl (C=O) groups is 1. The van der Waals surface area contributed by atoms with Gasteiger partial charge in [-0.1, -0.05) is 26.8 Å². The molecule has 0 saturated carbocycles. The van der Waals surface area contributed by atoms with Crippen LogP contribution in [0, 0.1) is 0 Å². The maximum atomic E-state index is 11.0. The van der Waals surface area contributed by atoms with E-state index in [1.165, 1.54) is 7.11 Å². The van der Waals surface area contributed by atoms with Crippen molar-refractivity contribution in [1.82, 2.24) is 4.98 Å². The third kappa shape index (κ3) is 3.65. The van der Waals surface area contributed by atoms with Gasteiger partial charge in [-0.2, -0.15) is 0 Å². The number of ether oxygens (including phenoxy) is 1. The first-order valence-electron chi connectivity index (χ1n) is 5.45.